The third-order valence-electron chi connectivity index (χ3n) is 2.55. The molecule has 0 radical (unpaired) electrons. The number of aromatic hydroxyl groups is 1. The quantitative estimate of drug-likeness (QED) is 0.943. The van der Waals surface area contributed by atoms with E-state index < -0.39 is 10.0 Å². The van der Waals surface area contributed by atoms with E-state index in [-0.39, 0.29) is 17.2 Å². The molecule has 19 heavy (non-hydrogen) atoms. The Labute approximate surface area is 120 Å². The second-order valence-electron chi connectivity index (χ2n) is 3.96. The van der Waals surface area contributed by atoms with E-state index in [0.717, 1.165) is 4.88 Å². The Kier molecular flexibility index (Phi) is 4.15. The van der Waals surface area contributed by atoms with Crippen molar-refractivity contribution in [1.82, 2.24) is 4.31 Å². The number of sulfonamides is 1. The molecule has 0 aliphatic carbocycles. The van der Waals surface area contributed by atoms with Gasteiger partial charge in [0.05, 0.1) is 9.23 Å². The molecule has 0 amide bonds. The molecule has 0 atom stereocenters. The van der Waals surface area contributed by atoms with Crippen LogP contribution in [0.1, 0.15) is 4.88 Å². The van der Waals surface area contributed by atoms with Crippen molar-refractivity contribution < 1.29 is 13.5 Å². The lowest BCUT2D eigenvalue weighted by molar-refractivity contribution is 0.467. The fourth-order valence-electron chi connectivity index (χ4n) is 1.54. The zero-order chi connectivity index (χ0) is 14.0. The lowest BCUT2D eigenvalue weighted by Crippen LogP contribution is -2.26. The van der Waals surface area contributed by atoms with E-state index >= 15 is 0 Å². The van der Waals surface area contributed by atoms with Gasteiger partial charge < -0.3 is 5.11 Å². The van der Waals surface area contributed by atoms with E-state index in [1.807, 2.05) is 0 Å². The van der Waals surface area contributed by atoms with Gasteiger partial charge in [0, 0.05) is 18.5 Å². The number of phenols is 1. The molecule has 0 spiro atoms. The van der Waals surface area contributed by atoms with Gasteiger partial charge in [0.1, 0.15) is 5.75 Å². The average Bonchev–Trinajstić information content (AvgIpc) is 2.75. The van der Waals surface area contributed by atoms with Crippen LogP contribution in [0.5, 0.6) is 5.75 Å². The van der Waals surface area contributed by atoms with Crippen molar-refractivity contribution in [3.8, 4) is 5.75 Å². The van der Waals surface area contributed by atoms with Gasteiger partial charge in [0.15, 0.2) is 0 Å². The van der Waals surface area contributed by atoms with Gasteiger partial charge in [-0.05, 0) is 36.4 Å². The van der Waals surface area contributed by atoms with Gasteiger partial charge in [-0.25, -0.2) is 8.42 Å². The molecule has 1 aromatic carbocycles. The summed E-state index contributed by atoms with van der Waals surface area (Å²) in [4.78, 5) is 1.02. The number of hydrogen-bond donors (Lipinski definition) is 1. The molecule has 1 heterocycles. The van der Waals surface area contributed by atoms with Gasteiger partial charge in [-0.3, -0.25) is 0 Å². The highest BCUT2D eigenvalue weighted by Gasteiger charge is 2.21. The standard InChI is InChI=1S/C12H12ClNO3S2/c1-14(8-10-4-7-12(13)18-10)19(16,17)11-5-2-9(15)3-6-11/h2-7,15H,8H2,1H3. The summed E-state index contributed by atoms with van der Waals surface area (Å²) < 4.78 is 26.4. The van der Waals surface area contributed by atoms with Crippen LogP contribution in [0.2, 0.25) is 4.34 Å². The molecule has 2 aromatic rings. The molecular weight excluding hydrogens is 306 g/mol. The molecule has 1 N–H and O–H groups in total. The van der Waals surface area contributed by atoms with Crippen molar-refractivity contribution in [2.24, 2.45) is 0 Å². The number of nitrogens with zero attached hydrogens (tertiary/aromatic N) is 1. The van der Waals surface area contributed by atoms with E-state index in [2.05, 4.69) is 0 Å². The third-order valence-corrected chi connectivity index (χ3v) is 5.59. The number of thiophene rings is 1. The summed E-state index contributed by atoms with van der Waals surface area (Å²) in [7, 11) is -2.05. The number of rotatable bonds is 4. The number of benzene rings is 1. The van der Waals surface area contributed by atoms with Crippen LogP contribution in [0.25, 0.3) is 0 Å². The molecule has 0 bridgehead atoms. The number of halogens is 1. The molecule has 0 saturated carbocycles. The molecule has 2 rings (SSSR count). The highest BCUT2D eigenvalue weighted by atomic mass is 35.5. The van der Waals surface area contributed by atoms with Gasteiger partial charge in [0.25, 0.3) is 0 Å². The minimum atomic E-state index is -3.56. The zero-order valence-electron chi connectivity index (χ0n) is 10.1. The number of phenolic OH excluding ortho intramolecular Hbond substituents is 1. The van der Waals surface area contributed by atoms with Gasteiger partial charge in [0.2, 0.25) is 10.0 Å². The van der Waals surface area contributed by atoms with Crippen LogP contribution in [0.4, 0.5) is 0 Å². The molecule has 0 saturated heterocycles. The van der Waals surface area contributed by atoms with Crippen molar-refractivity contribution in [3.63, 3.8) is 0 Å². The van der Waals surface area contributed by atoms with E-state index in [1.165, 1.54) is 47.0 Å². The predicted octanol–water partition coefficient (Wildman–Crippen LogP) is 2.93. The Morgan fingerprint density at radius 1 is 1.21 bits per heavy atom. The Morgan fingerprint density at radius 2 is 1.84 bits per heavy atom. The van der Waals surface area contributed by atoms with Crippen molar-refractivity contribution >= 4 is 33.0 Å². The topological polar surface area (TPSA) is 57.6 Å². The summed E-state index contributed by atoms with van der Waals surface area (Å²) in [6.07, 6.45) is 0. The van der Waals surface area contributed by atoms with E-state index in [4.69, 9.17) is 11.6 Å². The minimum Gasteiger partial charge on any atom is -0.508 e. The largest absolute Gasteiger partial charge is 0.508 e. The molecule has 0 aliphatic heterocycles. The normalized spacial score (nSPS) is 11.9. The lowest BCUT2D eigenvalue weighted by atomic mass is 10.3. The van der Waals surface area contributed by atoms with E-state index in [1.54, 1.807) is 12.1 Å². The monoisotopic (exact) mass is 317 g/mol. The van der Waals surface area contributed by atoms with Crippen LogP contribution in [0, 0.1) is 0 Å². The van der Waals surface area contributed by atoms with Gasteiger partial charge in [-0.15, -0.1) is 11.3 Å². The molecule has 1 aromatic heterocycles. The highest BCUT2D eigenvalue weighted by molar-refractivity contribution is 7.89. The molecule has 7 heteroatoms. The summed E-state index contributed by atoms with van der Waals surface area (Å²) in [5, 5.41) is 9.18. The minimum absolute atomic E-state index is 0.0339. The first kappa shape index (κ1) is 14.3. The van der Waals surface area contributed by atoms with E-state index in [0.29, 0.717) is 4.34 Å². The molecular formula is C12H12ClNO3S2. The fourth-order valence-corrected chi connectivity index (χ4v) is 3.91. The Balaban J connectivity index is 2.21. The van der Waals surface area contributed by atoms with Crippen LogP contribution in [0.3, 0.4) is 0 Å². The summed E-state index contributed by atoms with van der Waals surface area (Å²) in [5.74, 6) is 0.0339. The van der Waals surface area contributed by atoms with Crippen LogP contribution in [0.15, 0.2) is 41.3 Å². The first-order chi connectivity index (χ1) is 8.89. The maximum absolute atomic E-state index is 12.3. The second-order valence-corrected chi connectivity index (χ2v) is 7.81. The SMILES string of the molecule is CN(Cc1ccc(Cl)s1)S(=O)(=O)c1ccc(O)cc1. The number of hydrogen-bond acceptors (Lipinski definition) is 4. The fraction of sp³-hybridized carbons (Fsp3) is 0.167. The highest BCUT2D eigenvalue weighted by Crippen LogP contribution is 2.25. The molecule has 0 aliphatic rings. The van der Waals surface area contributed by atoms with Crippen molar-refractivity contribution in [1.29, 1.82) is 0 Å². The van der Waals surface area contributed by atoms with E-state index in [9.17, 15) is 13.5 Å². The average molecular weight is 318 g/mol. The lowest BCUT2D eigenvalue weighted by Gasteiger charge is -2.16. The van der Waals surface area contributed by atoms with Crippen molar-refractivity contribution in [2.45, 2.75) is 11.4 Å². The molecule has 0 unspecified atom stereocenters. The zero-order valence-corrected chi connectivity index (χ0v) is 12.5. The summed E-state index contributed by atoms with van der Waals surface area (Å²) >= 11 is 7.16. The first-order valence-corrected chi connectivity index (χ1v) is 8.02. The summed E-state index contributed by atoms with van der Waals surface area (Å²) in [5.41, 5.74) is 0. The smallest absolute Gasteiger partial charge is 0.243 e. The maximum atomic E-state index is 12.3. The van der Waals surface area contributed by atoms with Crippen molar-refractivity contribution in [3.05, 3.63) is 45.6 Å². The van der Waals surface area contributed by atoms with Gasteiger partial charge in [-0.1, -0.05) is 11.6 Å². The Morgan fingerprint density at radius 3 is 2.37 bits per heavy atom. The van der Waals surface area contributed by atoms with Crippen LogP contribution >= 0.6 is 22.9 Å². The van der Waals surface area contributed by atoms with Crippen LogP contribution in [-0.4, -0.2) is 24.9 Å². The molecule has 4 nitrogen and oxygen atoms in total. The van der Waals surface area contributed by atoms with Gasteiger partial charge in [-0.2, -0.15) is 4.31 Å². The van der Waals surface area contributed by atoms with Crippen LogP contribution < -0.4 is 0 Å². The maximum Gasteiger partial charge on any atom is 0.243 e. The van der Waals surface area contributed by atoms with Gasteiger partial charge >= 0.3 is 0 Å². The van der Waals surface area contributed by atoms with Crippen molar-refractivity contribution in [2.75, 3.05) is 7.05 Å². The van der Waals surface area contributed by atoms with Crippen LogP contribution in [-0.2, 0) is 16.6 Å². The second kappa shape index (κ2) is 5.50. The Hall–Kier alpha value is -1.08. The predicted molar refractivity (Wildman–Crippen MR) is 76.1 cm³/mol. The first-order valence-electron chi connectivity index (χ1n) is 5.39. The molecule has 0 fully saturated rings. The summed E-state index contributed by atoms with van der Waals surface area (Å²) in [6.45, 7) is 0.264. The summed E-state index contributed by atoms with van der Waals surface area (Å²) in [6, 6.07) is 9.00. The third kappa shape index (κ3) is 3.27. The molecule has 102 valence electrons. The Bertz CT molecular complexity index is 665.